The molecule has 3 N–H and O–H groups in total. The van der Waals surface area contributed by atoms with Crippen molar-refractivity contribution in [2.45, 2.75) is 38.4 Å². The number of carbonyl (C=O) groups is 1. The first-order valence-corrected chi connectivity index (χ1v) is 4.75. The summed E-state index contributed by atoms with van der Waals surface area (Å²) in [5.41, 5.74) is 0. The van der Waals surface area contributed by atoms with Gasteiger partial charge in [0.25, 0.3) is 0 Å². The van der Waals surface area contributed by atoms with E-state index in [-0.39, 0.29) is 18.4 Å². The van der Waals surface area contributed by atoms with E-state index < -0.39 is 12.2 Å². The molecule has 0 aromatic rings. The van der Waals surface area contributed by atoms with Crippen LogP contribution in [0.3, 0.4) is 0 Å². The number of nitrogens with one attached hydrogen (secondary N) is 1. The van der Waals surface area contributed by atoms with Gasteiger partial charge in [-0.1, -0.05) is 0 Å². The lowest BCUT2D eigenvalue weighted by Gasteiger charge is -2.14. The van der Waals surface area contributed by atoms with Gasteiger partial charge in [0.1, 0.15) is 0 Å². The summed E-state index contributed by atoms with van der Waals surface area (Å²) in [5, 5.41) is 20.9. The topological polar surface area (TPSA) is 69.6 Å². The number of carbonyl (C=O) groups excluding carboxylic acids is 1. The Balaban J connectivity index is 2.30. The highest BCUT2D eigenvalue weighted by atomic mass is 16.3. The van der Waals surface area contributed by atoms with Gasteiger partial charge in [-0.05, 0) is 26.2 Å². The van der Waals surface area contributed by atoms with Crippen LogP contribution in [0.2, 0.25) is 0 Å². The van der Waals surface area contributed by atoms with Crippen LogP contribution in [-0.2, 0) is 4.79 Å². The van der Waals surface area contributed by atoms with Crippen LogP contribution in [0.15, 0.2) is 0 Å². The molecule has 0 saturated heterocycles. The number of amides is 1. The Kier molecular flexibility index (Phi) is 3.69. The smallest absolute Gasteiger partial charge is 0.225 e. The predicted molar refractivity (Wildman–Crippen MR) is 48.0 cm³/mol. The molecule has 0 heterocycles. The molecular formula is C9H17NO3. The maximum atomic E-state index is 11.4. The minimum absolute atomic E-state index is 0.133. The van der Waals surface area contributed by atoms with E-state index in [0.717, 1.165) is 12.8 Å². The van der Waals surface area contributed by atoms with Crippen molar-refractivity contribution < 1.29 is 15.0 Å². The summed E-state index contributed by atoms with van der Waals surface area (Å²) in [6.07, 6.45) is 1.37. The number of hydrogen-bond acceptors (Lipinski definition) is 3. The van der Waals surface area contributed by atoms with Crippen molar-refractivity contribution in [3.63, 3.8) is 0 Å². The van der Waals surface area contributed by atoms with Crippen LogP contribution in [0.1, 0.15) is 26.2 Å². The second kappa shape index (κ2) is 4.58. The highest BCUT2D eigenvalue weighted by molar-refractivity contribution is 5.79. The molecule has 0 aromatic heterocycles. The molecule has 1 rings (SSSR count). The monoisotopic (exact) mass is 187 g/mol. The average Bonchev–Trinajstić information content (AvgIpc) is 2.47. The van der Waals surface area contributed by atoms with E-state index in [9.17, 15) is 9.90 Å². The number of rotatable bonds is 3. The van der Waals surface area contributed by atoms with Crippen molar-refractivity contribution in [1.29, 1.82) is 0 Å². The second-order valence-electron chi connectivity index (χ2n) is 3.70. The Hall–Kier alpha value is -0.610. The molecule has 0 spiro atoms. The summed E-state index contributed by atoms with van der Waals surface area (Å²) in [4.78, 5) is 11.4. The quantitative estimate of drug-likeness (QED) is 0.565. The van der Waals surface area contributed by atoms with Gasteiger partial charge in [0.2, 0.25) is 5.91 Å². The maximum absolute atomic E-state index is 11.4. The zero-order valence-electron chi connectivity index (χ0n) is 7.86. The summed E-state index contributed by atoms with van der Waals surface area (Å²) >= 11 is 0. The van der Waals surface area contributed by atoms with Crippen LogP contribution in [0.5, 0.6) is 0 Å². The van der Waals surface area contributed by atoms with Gasteiger partial charge in [-0.15, -0.1) is 0 Å². The molecule has 2 unspecified atom stereocenters. The van der Waals surface area contributed by atoms with E-state index in [1.54, 1.807) is 6.92 Å². The Labute approximate surface area is 78.0 Å². The zero-order valence-corrected chi connectivity index (χ0v) is 7.86. The Morgan fingerprint density at radius 3 is 2.77 bits per heavy atom. The normalized spacial score (nSPS) is 30.1. The van der Waals surface area contributed by atoms with Gasteiger partial charge in [-0.25, -0.2) is 0 Å². The van der Waals surface area contributed by atoms with Crippen LogP contribution in [-0.4, -0.2) is 34.9 Å². The third kappa shape index (κ3) is 2.97. The number of aliphatic hydroxyl groups excluding tert-OH is 2. The van der Waals surface area contributed by atoms with Crippen molar-refractivity contribution >= 4 is 5.91 Å². The third-order valence-corrected chi connectivity index (χ3v) is 2.39. The fourth-order valence-electron chi connectivity index (χ4n) is 1.63. The van der Waals surface area contributed by atoms with Gasteiger partial charge in [0, 0.05) is 6.54 Å². The molecule has 1 saturated carbocycles. The average molecular weight is 187 g/mol. The van der Waals surface area contributed by atoms with E-state index in [2.05, 4.69) is 5.32 Å². The minimum atomic E-state index is -0.525. The van der Waals surface area contributed by atoms with E-state index in [1.807, 2.05) is 0 Å². The van der Waals surface area contributed by atoms with Crippen molar-refractivity contribution in [2.24, 2.45) is 5.92 Å². The molecule has 1 aliphatic carbocycles. The summed E-state index contributed by atoms with van der Waals surface area (Å²) in [5.74, 6) is -0.398. The molecule has 0 aromatic carbocycles. The van der Waals surface area contributed by atoms with Gasteiger partial charge in [-0.3, -0.25) is 4.79 Å². The van der Waals surface area contributed by atoms with Crippen LogP contribution >= 0.6 is 0 Å². The molecule has 3 atom stereocenters. The van der Waals surface area contributed by atoms with E-state index in [4.69, 9.17) is 5.11 Å². The van der Waals surface area contributed by atoms with Gasteiger partial charge < -0.3 is 15.5 Å². The zero-order chi connectivity index (χ0) is 9.84. The minimum Gasteiger partial charge on any atom is -0.392 e. The first kappa shape index (κ1) is 10.5. The SMILES string of the molecule is C[C@H](O)CNC(=O)C1CCCC1O. The molecule has 4 heteroatoms. The van der Waals surface area contributed by atoms with E-state index >= 15 is 0 Å². The summed E-state index contributed by atoms with van der Waals surface area (Å²) in [6, 6.07) is 0. The van der Waals surface area contributed by atoms with Crippen LogP contribution in [0.25, 0.3) is 0 Å². The highest BCUT2D eigenvalue weighted by Crippen LogP contribution is 2.25. The third-order valence-electron chi connectivity index (χ3n) is 2.39. The largest absolute Gasteiger partial charge is 0.392 e. The van der Waals surface area contributed by atoms with E-state index in [0.29, 0.717) is 6.42 Å². The van der Waals surface area contributed by atoms with E-state index in [1.165, 1.54) is 0 Å². The van der Waals surface area contributed by atoms with Crippen LogP contribution in [0.4, 0.5) is 0 Å². The molecule has 1 amide bonds. The lowest BCUT2D eigenvalue weighted by molar-refractivity contribution is -0.127. The molecule has 4 nitrogen and oxygen atoms in total. The summed E-state index contributed by atoms with van der Waals surface area (Å²) in [6.45, 7) is 1.88. The first-order chi connectivity index (χ1) is 6.11. The maximum Gasteiger partial charge on any atom is 0.225 e. The lowest BCUT2D eigenvalue weighted by atomic mass is 10.1. The number of aliphatic hydroxyl groups is 2. The molecule has 0 radical (unpaired) electrons. The van der Waals surface area contributed by atoms with Crippen molar-refractivity contribution in [2.75, 3.05) is 6.54 Å². The molecule has 13 heavy (non-hydrogen) atoms. The predicted octanol–water partition coefficient (Wildman–Crippen LogP) is -0.356. The molecule has 1 fully saturated rings. The fraction of sp³-hybridized carbons (Fsp3) is 0.889. The van der Waals surface area contributed by atoms with Gasteiger partial charge >= 0.3 is 0 Å². The summed E-state index contributed by atoms with van der Waals surface area (Å²) < 4.78 is 0. The Bertz CT molecular complexity index is 182. The Morgan fingerprint density at radius 2 is 2.31 bits per heavy atom. The highest BCUT2D eigenvalue weighted by Gasteiger charge is 2.31. The Morgan fingerprint density at radius 1 is 1.62 bits per heavy atom. The van der Waals surface area contributed by atoms with Crippen molar-refractivity contribution in [3.8, 4) is 0 Å². The van der Waals surface area contributed by atoms with Crippen LogP contribution < -0.4 is 5.32 Å². The number of hydrogen-bond donors (Lipinski definition) is 3. The standard InChI is InChI=1S/C9H17NO3/c1-6(11)5-10-9(13)7-3-2-4-8(7)12/h6-8,11-12H,2-5H2,1H3,(H,10,13)/t6-,7?,8?/m0/s1. The molecule has 0 aliphatic heterocycles. The van der Waals surface area contributed by atoms with Crippen molar-refractivity contribution in [1.82, 2.24) is 5.32 Å². The second-order valence-corrected chi connectivity index (χ2v) is 3.70. The fourth-order valence-corrected chi connectivity index (χ4v) is 1.63. The van der Waals surface area contributed by atoms with Gasteiger partial charge in [-0.2, -0.15) is 0 Å². The van der Waals surface area contributed by atoms with Gasteiger partial charge in [0.15, 0.2) is 0 Å². The summed E-state index contributed by atoms with van der Waals surface area (Å²) in [7, 11) is 0. The molecule has 76 valence electrons. The van der Waals surface area contributed by atoms with Crippen molar-refractivity contribution in [3.05, 3.63) is 0 Å². The molecule has 0 bridgehead atoms. The molecule has 1 aliphatic rings. The van der Waals surface area contributed by atoms with Gasteiger partial charge in [0.05, 0.1) is 18.1 Å². The molecular weight excluding hydrogens is 170 g/mol. The lowest BCUT2D eigenvalue weighted by Crippen LogP contribution is -2.38. The van der Waals surface area contributed by atoms with Crippen LogP contribution in [0, 0.1) is 5.92 Å². The first-order valence-electron chi connectivity index (χ1n) is 4.75.